The molecule has 0 radical (unpaired) electrons. The normalized spacial score (nSPS) is 26.2. The summed E-state index contributed by atoms with van der Waals surface area (Å²) in [5.74, 6) is -3.62. The van der Waals surface area contributed by atoms with Crippen molar-refractivity contribution in [2.45, 2.75) is 89.3 Å². The molecule has 278 valence electrons. The molecular formula is C40H46Cl2FN3O6. The second-order valence-electron chi connectivity index (χ2n) is 15.8. The largest absolute Gasteiger partial charge is 0.495 e. The number of benzene rings is 3. The molecule has 5 atom stereocenters. The summed E-state index contributed by atoms with van der Waals surface area (Å²) in [5, 5.41) is 26.4. The molecule has 0 aromatic heterocycles. The van der Waals surface area contributed by atoms with E-state index in [2.05, 4.69) is 43.2 Å². The Morgan fingerprint density at radius 1 is 1.06 bits per heavy atom. The molecule has 1 spiro atoms. The van der Waals surface area contributed by atoms with Crippen LogP contribution in [0.15, 0.2) is 54.6 Å². The lowest BCUT2D eigenvalue weighted by molar-refractivity contribution is -0.143. The summed E-state index contributed by atoms with van der Waals surface area (Å²) < 4.78 is 22.0. The van der Waals surface area contributed by atoms with Gasteiger partial charge >= 0.3 is 11.9 Å². The van der Waals surface area contributed by atoms with E-state index in [0.717, 1.165) is 24.1 Å². The van der Waals surface area contributed by atoms with E-state index in [1.807, 2.05) is 18.2 Å². The molecule has 2 aliphatic heterocycles. The Balaban J connectivity index is 1.50. The van der Waals surface area contributed by atoms with Gasteiger partial charge in [-0.05, 0) is 97.9 Å². The average Bonchev–Trinajstić information content (AvgIpc) is 3.59. The van der Waals surface area contributed by atoms with Gasteiger partial charge in [-0.2, -0.15) is 0 Å². The van der Waals surface area contributed by atoms with Gasteiger partial charge in [-0.1, -0.05) is 62.2 Å². The molecule has 1 unspecified atom stereocenters. The number of carbonyl (C=O) groups excluding carboxylic acids is 1. The Kier molecular flexibility index (Phi) is 10.6. The fourth-order valence-electron chi connectivity index (χ4n) is 9.03. The SMILES string of the molecule is COc1cc(C(=O)O)ccc1NC(=O)[C@@H]1NC(CC(C)(C)C)[C@@]2(CN([C@@H](C)[C@H]3CC[C@H](C(=O)O)CC3)c3cc(Cl)ccc32)[C@H]1c1cccc(Cl)c1F. The van der Waals surface area contributed by atoms with Crippen molar-refractivity contribution in [2.75, 3.05) is 23.9 Å². The predicted octanol–water partition coefficient (Wildman–Crippen LogP) is 8.38. The molecule has 3 aromatic carbocycles. The number of fused-ring (bicyclic) bond motifs is 2. The molecule has 1 saturated carbocycles. The molecule has 1 amide bonds. The van der Waals surface area contributed by atoms with Crippen molar-refractivity contribution < 1.29 is 33.7 Å². The van der Waals surface area contributed by atoms with Gasteiger partial charge in [-0.3, -0.25) is 9.59 Å². The van der Waals surface area contributed by atoms with E-state index in [1.54, 1.807) is 12.1 Å². The Labute approximate surface area is 313 Å². The first-order valence-corrected chi connectivity index (χ1v) is 18.5. The third-order valence-corrected chi connectivity index (χ3v) is 12.0. The summed E-state index contributed by atoms with van der Waals surface area (Å²) in [6.07, 6.45) is 3.38. The number of amides is 1. The highest BCUT2D eigenvalue weighted by Gasteiger charge is 2.63. The van der Waals surface area contributed by atoms with Gasteiger partial charge in [-0.15, -0.1) is 0 Å². The maximum Gasteiger partial charge on any atom is 0.335 e. The Morgan fingerprint density at radius 2 is 1.77 bits per heavy atom. The molecule has 4 N–H and O–H groups in total. The number of carboxylic acids is 2. The van der Waals surface area contributed by atoms with Crippen LogP contribution in [0.25, 0.3) is 0 Å². The molecule has 3 aliphatic rings. The molecule has 1 saturated heterocycles. The van der Waals surface area contributed by atoms with E-state index in [0.29, 0.717) is 36.4 Å². The van der Waals surface area contributed by atoms with Crippen molar-refractivity contribution >= 4 is 52.4 Å². The zero-order valence-electron chi connectivity index (χ0n) is 30.0. The number of nitrogens with zero attached hydrogens (tertiary/aromatic N) is 1. The molecule has 2 heterocycles. The van der Waals surface area contributed by atoms with Crippen molar-refractivity contribution in [1.82, 2.24) is 5.32 Å². The second kappa shape index (κ2) is 14.5. The standard InChI is InChI=1S/C40H46Cl2FN3O6/c1-21(22-9-11-23(12-10-22)37(48)49)46-20-40(27-15-14-25(41)18-30(27)46)32(19-39(2,3)4)45-35(33(40)26-7-6-8-28(42)34(26)43)36(47)44-29-16-13-24(38(50)51)17-31(29)52-5/h6-8,13-18,21-23,32-33,35,45H,9-12,19-20H2,1-5H3,(H,44,47)(H,48,49)(H,50,51)/t21-,22-,23-,32?,33-,35+,40-/m0/s1. The van der Waals surface area contributed by atoms with Gasteiger partial charge in [0, 0.05) is 40.7 Å². The molecule has 0 bridgehead atoms. The molecule has 9 nitrogen and oxygen atoms in total. The zero-order valence-corrected chi connectivity index (χ0v) is 31.5. The molecule has 1 aliphatic carbocycles. The lowest BCUT2D eigenvalue weighted by Crippen LogP contribution is -2.50. The highest BCUT2D eigenvalue weighted by molar-refractivity contribution is 6.31. The highest BCUT2D eigenvalue weighted by Crippen LogP contribution is 2.59. The number of anilines is 2. The predicted molar refractivity (Wildman–Crippen MR) is 201 cm³/mol. The summed E-state index contributed by atoms with van der Waals surface area (Å²) in [4.78, 5) is 40.4. The number of rotatable bonds is 9. The van der Waals surface area contributed by atoms with Gasteiger partial charge in [0.2, 0.25) is 5.91 Å². The van der Waals surface area contributed by atoms with Crippen LogP contribution >= 0.6 is 23.2 Å². The van der Waals surface area contributed by atoms with Gasteiger partial charge in [0.1, 0.15) is 11.6 Å². The number of carboxylic acid groups (broad SMARTS) is 2. The maximum absolute atomic E-state index is 16.5. The average molecular weight is 755 g/mol. The van der Waals surface area contributed by atoms with Gasteiger partial charge in [-0.25, -0.2) is 9.18 Å². The van der Waals surface area contributed by atoms with Crippen LogP contribution in [0.2, 0.25) is 10.0 Å². The van der Waals surface area contributed by atoms with E-state index >= 15 is 4.39 Å². The van der Waals surface area contributed by atoms with E-state index in [-0.39, 0.29) is 51.4 Å². The lowest BCUT2D eigenvalue weighted by atomic mass is 9.63. The summed E-state index contributed by atoms with van der Waals surface area (Å²) in [6, 6.07) is 13.7. The summed E-state index contributed by atoms with van der Waals surface area (Å²) in [6.45, 7) is 9.03. The van der Waals surface area contributed by atoms with Crippen molar-refractivity contribution in [3.8, 4) is 5.75 Å². The quantitative estimate of drug-likeness (QED) is 0.172. The van der Waals surface area contributed by atoms with E-state index < -0.39 is 41.0 Å². The van der Waals surface area contributed by atoms with Crippen LogP contribution in [0, 0.1) is 23.1 Å². The number of halogens is 3. The fraction of sp³-hybridized carbons (Fsp3) is 0.475. The number of aliphatic carboxylic acids is 1. The number of hydrogen-bond acceptors (Lipinski definition) is 6. The zero-order chi connectivity index (χ0) is 37.7. The summed E-state index contributed by atoms with van der Waals surface area (Å²) >= 11 is 13.2. The number of aromatic carboxylic acids is 1. The first-order valence-electron chi connectivity index (χ1n) is 17.8. The maximum atomic E-state index is 16.5. The lowest BCUT2D eigenvalue weighted by Gasteiger charge is -2.42. The Bertz CT molecular complexity index is 1880. The van der Waals surface area contributed by atoms with Gasteiger partial charge in [0.25, 0.3) is 0 Å². The molecule has 6 rings (SSSR count). The van der Waals surface area contributed by atoms with Crippen molar-refractivity contribution in [1.29, 1.82) is 0 Å². The number of carbonyl (C=O) groups is 3. The van der Waals surface area contributed by atoms with E-state index in [9.17, 15) is 24.6 Å². The first-order chi connectivity index (χ1) is 24.5. The minimum atomic E-state index is -1.13. The van der Waals surface area contributed by atoms with E-state index in [1.165, 1.54) is 31.4 Å². The number of hydrogen-bond donors (Lipinski definition) is 4. The van der Waals surface area contributed by atoms with Crippen LogP contribution in [-0.4, -0.2) is 59.8 Å². The van der Waals surface area contributed by atoms with Crippen LogP contribution in [0.4, 0.5) is 15.8 Å². The fourth-order valence-corrected chi connectivity index (χ4v) is 9.38. The van der Waals surface area contributed by atoms with Crippen molar-refractivity contribution in [3.63, 3.8) is 0 Å². The van der Waals surface area contributed by atoms with Gasteiger partial charge < -0.3 is 30.5 Å². The van der Waals surface area contributed by atoms with Gasteiger partial charge in [0.15, 0.2) is 0 Å². The molecule has 3 aromatic rings. The topological polar surface area (TPSA) is 128 Å². The Hall–Kier alpha value is -3.86. The van der Waals surface area contributed by atoms with Crippen LogP contribution in [-0.2, 0) is 15.0 Å². The third kappa shape index (κ3) is 6.97. The smallest absolute Gasteiger partial charge is 0.335 e. The number of methoxy groups -OCH3 is 1. The van der Waals surface area contributed by atoms with Crippen molar-refractivity contribution in [2.24, 2.45) is 17.3 Å². The molecule has 52 heavy (non-hydrogen) atoms. The number of nitrogens with one attached hydrogen (secondary N) is 2. The van der Waals surface area contributed by atoms with E-state index in [4.69, 9.17) is 27.9 Å². The second-order valence-corrected chi connectivity index (χ2v) is 16.7. The van der Waals surface area contributed by atoms with Crippen LogP contribution in [0.3, 0.4) is 0 Å². The van der Waals surface area contributed by atoms with Crippen LogP contribution < -0.4 is 20.3 Å². The first kappa shape index (κ1) is 37.9. The minimum Gasteiger partial charge on any atom is -0.495 e. The molecule has 2 fully saturated rings. The minimum absolute atomic E-state index is 0.00336. The molecular weight excluding hydrogens is 708 g/mol. The Morgan fingerprint density at radius 3 is 2.40 bits per heavy atom. The third-order valence-electron chi connectivity index (χ3n) is 11.5. The molecule has 12 heteroatoms. The van der Waals surface area contributed by atoms with Gasteiger partial charge in [0.05, 0.1) is 35.3 Å². The summed E-state index contributed by atoms with van der Waals surface area (Å²) in [5.41, 5.74) is 1.41. The van der Waals surface area contributed by atoms with Crippen molar-refractivity contribution in [3.05, 3.63) is 87.2 Å². The number of ether oxygens (including phenoxy) is 1. The summed E-state index contributed by atoms with van der Waals surface area (Å²) in [7, 11) is 1.40. The van der Waals surface area contributed by atoms with Crippen LogP contribution in [0.1, 0.15) is 87.2 Å². The van der Waals surface area contributed by atoms with Crippen LogP contribution in [0.5, 0.6) is 5.75 Å². The monoisotopic (exact) mass is 753 g/mol. The highest BCUT2D eigenvalue weighted by atomic mass is 35.5.